The summed E-state index contributed by atoms with van der Waals surface area (Å²) in [5.41, 5.74) is 1.48. The second-order valence-electron chi connectivity index (χ2n) is 7.31. The van der Waals surface area contributed by atoms with Crippen LogP contribution in [0.2, 0.25) is 5.02 Å². The first-order chi connectivity index (χ1) is 14.4. The van der Waals surface area contributed by atoms with Gasteiger partial charge in [0.15, 0.2) is 12.6 Å². The smallest absolute Gasteiger partial charge is 0.184 e. The molecule has 2 heterocycles. The lowest BCUT2D eigenvalue weighted by Crippen LogP contribution is -2.58. The quantitative estimate of drug-likeness (QED) is 0.757. The van der Waals surface area contributed by atoms with Crippen LogP contribution >= 0.6 is 11.6 Å². The van der Waals surface area contributed by atoms with Gasteiger partial charge >= 0.3 is 0 Å². The summed E-state index contributed by atoms with van der Waals surface area (Å²) in [4.78, 5) is 0. The topological polar surface area (TPSA) is 77.4 Å². The summed E-state index contributed by atoms with van der Waals surface area (Å²) in [6.45, 7) is 1.16. The van der Waals surface area contributed by atoms with Crippen molar-refractivity contribution in [3.63, 3.8) is 0 Å². The normalized spacial score (nSPS) is 30.0. The molecule has 2 aromatic carbocycles. The highest BCUT2D eigenvalue weighted by Gasteiger charge is 2.48. The van der Waals surface area contributed by atoms with E-state index < -0.39 is 49.4 Å². The highest BCUT2D eigenvalue weighted by atomic mass is 35.5. The first-order valence-corrected chi connectivity index (χ1v) is 9.83. The second kappa shape index (κ2) is 8.84. The molecule has 2 aromatic rings. The molecule has 2 N–H and O–H groups in total. The maximum atomic E-state index is 13.6. The summed E-state index contributed by atoms with van der Waals surface area (Å²) >= 11 is 5.85. The molecule has 2 fully saturated rings. The molecule has 9 heteroatoms. The van der Waals surface area contributed by atoms with Gasteiger partial charge in [0.25, 0.3) is 0 Å². The van der Waals surface area contributed by atoms with Crippen LogP contribution < -0.4 is 0 Å². The molecule has 6 atom stereocenters. The van der Waals surface area contributed by atoms with Crippen LogP contribution in [0.4, 0.5) is 8.78 Å². The molecule has 2 aliphatic rings. The predicted molar refractivity (Wildman–Crippen MR) is 102 cm³/mol. The minimum atomic E-state index is -1.25. The average Bonchev–Trinajstić information content (AvgIpc) is 2.75. The van der Waals surface area contributed by atoms with E-state index in [-0.39, 0.29) is 17.4 Å². The van der Waals surface area contributed by atoms with Crippen molar-refractivity contribution in [2.75, 3.05) is 13.2 Å². The van der Waals surface area contributed by atoms with Crippen molar-refractivity contribution in [1.82, 2.24) is 0 Å². The number of rotatable bonds is 4. The summed E-state index contributed by atoms with van der Waals surface area (Å²) in [6, 6.07) is 8.52. The van der Waals surface area contributed by atoms with E-state index in [4.69, 9.17) is 30.5 Å². The molecule has 2 saturated heterocycles. The Kier molecular flexibility index (Phi) is 6.36. The van der Waals surface area contributed by atoms with Crippen molar-refractivity contribution in [2.24, 2.45) is 0 Å². The fourth-order valence-corrected chi connectivity index (χ4v) is 3.77. The van der Waals surface area contributed by atoms with Crippen LogP contribution in [0.15, 0.2) is 36.4 Å². The molecular weight excluding hydrogens is 422 g/mol. The molecule has 0 spiro atoms. The zero-order chi connectivity index (χ0) is 21.4. The van der Waals surface area contributed by atoms with Gasteiger partial charge in [-0.15, -0.1) is 0 Å². The van der Waals surface area contributed by atoms with Crippen molar-refractivity contribution in [3.8, 4) is 0 Å². The second-order valence-corrected chi connectivity index (χ2v) is 7.71. The van der Waals surface area contributed by atoms with Crippen LogP contribution in [0.5, 0.6) is 0 Å². The Hall–Kier alpha value is -1.65. The number of halogens is 3. The zero-order valence-corrected chi connectivity index (χ0v) is 16.8. The Balaban J connectivity index is 1.57. The third-order valence-electron chi connectivity index (χ3n) is 5.20. The number of aliphatic hydroxyl groups is 2. The Morgan fingerprint density at radius 1 is 1.03 bits per heavy atom. The maximum absolute atomic E-state index is 13.6. The Labute approximate surface area is 176 Å². The molecular formula is C21H21ClF2O6. The van der Waals surface area contributed by atoms with Crippen molar-refractivity contribution < 1.29 is 37.9 Å². The first kappa shape index (κ1) is 21.6. The fourth-order valence-electron chi connectivity index (χ4n) is 3.58. The van der Waals surface area contributed by atoms with Crippen LogP contribution in [0.1, 0.15) is 29.3 Å². The SMILES string of the molecule is Cc1cc(C2O[C@H]([C@H](O)CO)[C@@H]3OC(c4ccc(F)c(Cl)c4)OC[C@@H]3O2)ccc1F. The van der Waals surface area contributed by atoms with Crippen LogP contribution in [0.3, 0.4) is 0 Å². The van der Waals surface area contributed by atoms with Gasteiger partial charge in [0.2, 0.25) is 0 Å². The van der Waals surface area contributed by atoms with Crippen molar-refractivity contribution in [3.05, 3.63) is 69.7 Å². The van der Waals surface area contributed by atoms with E-state index in [0.29, 0.717) is 16.7 Å². The molecule has 0 bridgehead atoms. The molecule has 0 saturated carbocycles. The van der Waals surface area contributed by atoms with Gasteiger partial charge in [-0.1, -0.05) is 23.7 Å². The van der Waals surface area contributed by atoms with Crippen molar-refractivity contribution in [2.45, 2.75) is 43.9 Å². The average molecular weight is 443 g/mol. The standard InChI is InChI=1S/C21H21ClF2O6/c1-10-6-11(2-4-14(10)23)21-28-17-9-27-20(12-3-5-15(24)13(22)7-12)30-19(17)18(29-21)16(26)8-25/h2-7,16-21,25-26H,8-9H2,1H3/t16-,17+,18-,19-,20?,21?/m1/s1. The zero-order valence-electron chi connectivity index (χ0n) is 16.0. The first-order valence-electron chi connectivity index (χ1n) is 9.45. The van der Waals surface area contributed by atoms with Crippen molar-refractivity contribution >= 4 is 11.6 Å². The van der Waals surface area contributed by atoms with Crippen LogP contribution in [-0.2, 0) is 18.9 Å². The maximum Gasteiger partial charge on any atom is 0.184 e. The number of aliphatic hydroxyl groups excluding tert-OH is 2. The van der Waals surface area contributed by atoms with Crippen molar-refractivity contribution in [1.29, 1.82) is 0 Å². The highest BCUT2D eigenvalue weighted by molar-refractivity contribution is 6.30. The van der Waals surface area contributed by atoms with E-state index in [1.54, 1.807) is 13.0 Å². The Bertz CT molecular complexity index is 911. The van der Waals surface area contributed by atoms with E-state index >= 15 is 0 Å². The summed E-state index contributed by atoms with van der Waals surface area (Å²) in [6.07, 6.45) is -5.36. The van der Waals surface area contributed by atoms with E-state index in [1.807, 2.05) is 0 Å². The number of ether oxygens (including phenoxy) is 4. The van der Waals surface area contributed by atoms with Crippen LogP contribution in [0.25, 0.3) is 0 Å². The summed E-state index contributed by atoms with van der Waals surface area (Å²) in [5.74, 6) is -0.922. The predicted octanol–water partition coefficient (Wildman–Crippen LogP) is 3.18. The molecule has 0 aliphatic carbocycles. The van der Waals surface area contributed by atoms with Gasteiger partial charge in [0, 0.05) is 11.1 Å². The minimum Gasteiger partial charge on any atom is -0.394 e. The molecule has 6 nitrogen and oxygen atoms in total. The van der Waals surface area contributed by atoms with Crippen LogP contribution in [0, 0.1) is 18.6 Å². The number of benzene rings is 2. The molecule has 0 radical (unpaired) electrons. The molecule has 2 unspecified atom stereocenters. The Morgan fingerprint density at radius 2 is 1.73 bits per heavy atom. The lowest BCUT2D eigenvalue weighted by atomic mass is 9.99. The fraction of sp³-hybridized carbons (Fsp3) is 0.429. The van der Waals surface area contributed by atoms with E-state index in [1.165, 1.54) is 30.3 Å². The molecule has 162 valence electrons. The molecule has 30 heavy (non-hydrogen) atoms. The van der Waals surface area contributed by atoms with Gasteiger partial charge in [-0.2, -0.15) is 0 Å². The van der Waals surface area contributed by atoms with Gasteiger partial charge in [-0.25, -0.2) is 8.78 Å². The summed E-state index contributed by atoms with van der Waals surface area (Å²) in [5, 5.41) is 19.8. The Morgan fingerprint density at radius 3 is 2.40 bits per heavy atom. The monoisotopic (exact) mass is 442 g/mol. The van der Waals surface area contributed by atoms with E-state index in [2.05, 4.69) is 0 Å². The largest absolute Gasteiger partial charge is 0.394 e. The van der Waals surface area contributed by atoms with Gasteiger partial charge in [-0.05, 0) is 36.8 Å². The number of fused-ring (bicyclic) bond motifs is 1. The lowest BCUT2D eigenvalue weighted by Gasteiger charge is -2.47. The van der Waals surface area contributed by atoms with Gasteiger partial charge in [0.1, 0.15) is 36.1 Å². The van der Waals surface area contributed by atoms with E-state index in [0.717, 1.165) is 0 Å². The van der Waals surface area contributed by atoms with Gasteiger partial charge in [-0.3, -0.25) is 0 Å². The summed E-state index contributed by atoms with van der Waals surface area (Å²) in [7, 11) is 0. The molecule has 0 amide bonds. The number of hydrogen-bond donors (Lipinski definition) is 2. The third kappa shape index (κ3) is 4.22. The third-order valence-corrected chi connectivity index (χ3v) is 5.49. The highest BCUT2D eigenvalue weighted by Crippen LogP contribution is 2.39. The summed E-state index contributed by atoms with van der Waals surface area (Å²) < 4.78 is 50.6. The number of aryl methyl sites for hydroxylation is 1. The van der Waals surface area contributed by atoms with Gasteiger partial charge < -0.3 is 29.2 Å². The molecule has 4 rings (SSSR count). The lowest BCUT2D eigenvalue weighted by molar-refractivity contribution is -0.373. The number of hydrogen-bond acceptors (Lipinski definition) is 6. The van der Waals surface area contributed by atoms with Crippen LogP contribution in [-0.4, -0.2) is 47.8 Å². The van der Waals surface area contributed by atoms with Gasteiger partial charge in [0.05, 0.1) is 18.2 Å². The molecule has 0 aromatic heterocycles. The minimum absolute atomic E-state index is 0.0725. The van der Waals surface area contributed by atoms with E-state index in [9.17, 15) is 19.0 Å². The molecule has 2 aliphatic heterocycles.